The van der Waals surface area contributed by atoms with Crippen LogP contribution in [0.4, 0.5) is 4.79 Å². The van der Waals surface area contributed by atoms with E-state index in [-0.39, 0.29) is 30.1 Å². The molecule has 5 rings (SSSR count). The van der Waals surface area contributed by atoms with E-state index in [9.17, 15) is 14.4 Å². The van der Waals surface area contributed by atoms with Gasteiger partial charge in [0.15, 0.2) is 5.76 Å². The van der Waals surface area contributed by atoms with E-state index in [4.69, 9.17) is 9.47 Å². The highest BCUT2D eigenvalue weighted by Crippen LogP contribution is 2.34. The summed E-state index contributed by atoms with van der Waals surface area (Å²) in [4.78, 5) is 43.9. The van der Waals surface area contributed by atoms with Gasteiger partial charge in [-0.1, -0.05) is 48.4 Å². The van der Waals surface area contributed by atoms with Crippen LogP contribution in [0.25, 0.3) is 6.08 Å². The van der Waals surface area contributed by atoms with E-state index < -0.39 is 0 Å². The summed E-state index contributed by atoms with van der Waals surface area (Å²) in [6.07, 6.45) is 5.57. The lowest BCUT2D eigenvalue weighted by Crippen LogP contribution is -2.54. The van der Waals surface area contributed by atoms with E-state index in [2.05, 4.69) is 25.1 Å². The topological polar surface area (TPSA) is 79.4 Å². The molecule has 2 aliphatic heterocycles. The summed E-state index contributed by atoms with van der Waals surface area (Å²) in [5.41, 5.74) is 3.69. The van der Waals surface area contributed by atoms with Gasteiger partial charge in [-0.15, -0.1) is 0 Å². The fourth-order valence-corrected chi connectivity index (χ4v) is 5.73. The molecule has 39 heavy (non-hydrogen) atoms. The summed E-state index contributed by atoms with van der Waals surface area (Å²) in [5, 5.41) is 0. The molecule has 3 amide bonds. The third-order valence-electron chi connectivity index (χ3n) is 7.80. The average Bonchev–Trinajstić information content (AvgIpc) is 2.95. The second kappa shape index (κ2) is 11.9. The van der Waals surface area contributed by atoms with Crippen molar-refractivity contribution in [3.05, 3.63) is 76.5 Å². The molecule has 2 aromatic carbocycles. The van der Waals surface area contributed by atoms with E-state index >= 15 is 0 Å². The highest BCUT2D eigenvalue weighted by molar-refractivity contribution is 5.97. The first-order valence-corrected chi connectivity index (χ1v) is 14.0. The van der Waals surface area contributed by atoms with Gasteiger partial charge < -0.3 is 24.2 Å². The van der Waals surface area contributed by atoms with Crippen molar-refractivity contribution in [3.63, 3.8) is 0 Å². The molecule has 3 fully saturated rings. The molecule has 2 unspecified atom stereocenters. The highest BCUT2D eigenvalue weighted by atomic mass is 16.6. The lowest BCUT2D eigenvalue weighted by Gasteiger charge is -2.44. The molecule has 0 N–H and O–H groups in total. The Hall–Kier alpha value is -3.81. The highest BCUT2D eigenvalue weighted by Gasteiger charge is 2.41. The van der Waals surface area contributed by atoms with Crippen molar-refractivity contribution >= 4 is 24.0 Å². The van der Waals surface area contributed by atoms with E-state index in [1.165, 1.54) is 5.56 Å². The number of benzene rings is 2. The molecule has 1 saturated carbocycles. The Morgan fingerprint density at radius 3 is 2.44 bits per heavy atom. The molecule has 2 aromatic rings. The lowest BCUT2D eigenvalue weighted by molar-refractivity contribution is -0.149. The standard InChI is InChI=1S/C31H37N3O5/c1-3-38-31(37)33-17-15-32(16-18-33)29(35)25-13-11-23(12-14-25)20-28-30(36)34(21-24-8-6-7-22(2)19-24)26-9-4-5-10-27(26)39-28/h6-8,11-14,19-20,26-27H,3-5,9-10,15-18,21H2,1-2H3/b28-20+. The Morgan fingerprint density at radius 1 is 1.00 bits per heavy atom. The molecule has 206 valence electrons. The van der Waals surface area contributed by atoms with Gasteiger partial charge in [-0.3, -0.25) is 9.59 Å². The van der Waals surface area contributed by atoms with Crippen LogP contribution >= 0.6 is 0 Å². The smallest absolute Gasteiger partial charge is 0.409 e. The SMILES string of the molecule is CCOC(=O)N1CCN(C(=O)c2ccc(/C=C3/OC4CCCCC4N(Cc4cccc(C)c4)C3=O)cc2)CC1. The fraction of sp³-hybridized carbons (Fsp3) is 0.452. The monoisotopic (exact) mass is 531 g/mol. The van der Waals surface area contributed by atoms with E-state index in [1.807, 2.05) is 23.1 Å². The van der Waals surface area contributed by atoms with Crippen LogP contribution in [0.15, 0.2) is 54.3 Å². The number of carbonyl (C=O) groups excluding carboxylic acids is 3. The maximum atomic E-state index is 13.6. The molecule has 8 nitrogen and oxygen atoms in total. The number of aryl methyl sites for hydroxylation is 1. The van der Waals surface area contributed by atoms with Gasteiger partial charge in [-0.2, -0.15) is 0 Å². The predicted molar refractivity (Wildman–Crippen MR) is 148 cm³/mol. The van der Waals surface area contributed by atoms with Crippen LogP contribution in [0.5, 0.6) is 0 Å². The average molecular weight is 532 g/mol. The number of hydrogen-bond acceptors (Lipinski definition) is 5. The normalized spacial score (nSPS) is 22.4. The number of piperazine rings is 1. The zero-order valence-electron chi connectivity index (χ0n) is 22.8. The van der Waals surface area contributed by atoms with Gasteiger partial charge >= 0.3 is 6.09 Å². The number of rotatable bonds is 5. The lowest BCUT2D eigenvalue weighted by atomic mass is 9.89. The van der Waals surface area contributed by atoms with Crippen molar-refractivity contribution in [1.29, 1.82) is 0 Å². The predicted octanol–water partition coefficient (Wildman–Crippen LogP) is 4.62. The van der Waals surface area contributed by atoms with Crippen molar-refractivity contribution in [2.24, 2.45) is 0 Å². The van der Waals surface area contributed by atoms with Crippen molar-refractivity contribution < 1.29 is 23.9 Å². The Bertz CT molecular complexity index is 1230. The maximum absolute atomic E-state index is 13.6. The van der Waals surface area contributed by atoms with Gasteiger partial charge in [-0.25, -0.2) is 4.79 Å². The number of amides is 3. The molecular weight excluding hydrogens is 494 g/mol. The molecule has 2 heterocycles. The molecule has 8 heteroatoms. The molecule has 3 aliphatic rings. The number of fused-ring (bicyclic) bond motifs is 1. The van der Waals surface area contributed by atoms with Gasteiger partial charge in [0.05, 0.1) is 12.6 Å². The van der Waals surface area contributed by atoms with Gasteiger partial charge in [-0.05, 0) is 62.4 Å². The number of hydrogen-bond donors (Lipinski definition) is 0. The Morgan fingerprint density at radius 2 is 1.72 bits per heavy atom. The van der Waals surface area contributed by atoms with Crippen molar-refractivity contribution in [1.82, 2.24) is 14.7 Å². The first-order chi connectivity index (χ1) is 18.9. The first kappa shape index (κ1) is 26.8. The quantitative estimate of drug-likeness (QED) is 0.526. The van der Waals surface area contributed by atoms with Crippen LogP contribution in [-0.4, -0.2) is 77.5 Å². The van der Waals surface area contributed by atoms with Gasteiger partial charge in [0.1, 0.15) is 6.10 Å². The molecule has 0 spiro atoms. The van der Waals surface area contributed by atoms with Crippen LogP contribution in [-0.2, 0) is 20.8 Å². The largest absolute Gasteiger partial charge is 0.482 e. The fourth-order valence-electron chi connectivity index (χ4n) is 5.73. The van der Waals surface area contributed by atoms with Crippen molar-refractivity contribution in [3.8, 4) is 0 Å². The van der Waals surface area contributed by atoms with Gasteiger partial charge in [0.25, 0.3) is 11.8 Å². The maximum Gasteiger partial charge on any atom is 0.409 e. The molecule has 0 bridgehead atoms. The number of ether oxygens (including phenoxy) is 2. The number of carbonyl (C=O) groups is 3. The molecule has 0 aromatic heterocycles. The summed E-state index contributed by atoms with van der Waals surface area (Å²) in [6.45, 7) is 6.59. The summed E-state index contributed by atoms with van der Waals surface area (Å²) < 4.78 is 11.3. The van der Waals surface area contributed by atoms with Gasteiger partial charge in [0.2, 0.25) is 0 Å². The van der Waals surface area contributed by atoms with Crippen LogP contribution in [0.2, 0.25) is 0 Å². The minimum absolute atomic E-state index is 0.00151. The summed E-state index contributed by atoms with van der Waals surface area (Å²) in [7, 11) is 0. The van der Waals surface area contributed by atoms with Crippen LogP contribution < -0.4 is 0 Å². The molecule has 2 atom stereocenters. The third-order valence-corrected chi connectivity index (χ3v) is 7.80. The van der Waals surface area contributed by atoms with Crippen LogP contribution in [0, 0.1) is 6.92 Å². The van der Waals surface area contributed by atoms with E-state index in [0.717, 1.165) is 36.8 Å². The molecule has 0 radical (unpaired) electrons. The Balaban J connectivity index is 1.27. The van der Waals surface area contributed by atoms with Crippen molar-refractivity contribution in [2.45, 2.75) is 58.2 Å². The second-order valence-electron chi connectivity index (χ2n) is 10.5. The van der Waals surface area contributed by atoms with Gasteiger partial charge in [0, 0.05) is 38.3 Å². The Kier molecular flexibility index (Phi) is 8.19. The van der Waals surface area contributed by atoms with E-state index in [1.54, 1.807) is 34.9 Å². The zero-order chi connectivity index (χ0) is 27.4. The summed E-state index contributed by atoms with van der Waals surface area (Å²) in [6, 6.07) is 15.7. The zero-order valence-corrected chi connectivity index (χ0v) is 22.8. The minimum atomic E-state index is -0.335. The van der Waals surface area contributed by atoms with E-state index in [0.29, 0.717) is 50.7 Å². The van der Waals surface area contributed by atoms with Crippen molar-refractivity contribution in [2.75, 3.05) is 32.8 Å². The number of morpholine rings is 1. The summed E-state index contributed by atoms with van der Waals surface area (Å²) >= 11 is 0. The first-order valence-electron chi connectivity index (χ1n) is 14.0. The van der Waals surface area contributed by atoms with Crippen LogP contribution in [0.1, 0.15) is 59.7 Å². The molecule has 2 saturated heterocycles. The minimum Gasteiger partial charge on any atom is -0.482 e. The molecular formula is C31H37N3O5. The Labute approximate surface area is 230 Å². The molecule has 1 aliphatic carbocycles. The van der Waals surface area contributed by atoms with Crippen LogP contribution in [0.3, 0.4) is 0 Å². The second-order valence-corrected chi connectivity index (χ2v) is 10.5. The number of nitrogens with zero attached hydrogens (tertiary/aromatic N) is 3. The summed E-state index contributed by atoms with van der Waals surface area (Å²) in [5.74, 6) is 0.205. The third kappa shape index (κ3) is 6.10.